The SMILES string of the molecule is O=[N+]([O-])c1ccc(CNc2ccc(Cl)c3cccnc23)s1. The standard InChI is InChI=1S/C14H10ClN3O2S/c15-11-4-5-12(14-10(11)2-1-7-16-14)17-8-9-3-6-13(21-9)18(19)20/h1-7,17H,8H2. The highest BCUT2D eigenvalue weighted by molar-refractivity contribution is 7.15. The highest BCUT2D eigenvalue weighted by Crippen LogP contribution is 2.29. The van der Waals surface area contributed by atoms with Crippen LogP contribution in [-0.4, -0.2) is 9.91 Å². The number of anilines is 1. The van der Waals surface area contributed by atoms with Crippen molar-refractivity contribution in [2.45, 2.75) is 6.54 Å². The number of halogens is 1. The molecule has 1 N–H and O–H groups in total. The Morgan fingerprint density at radius 2 is 2.14 bits per heavy atom. The summed E-state index contributed by atoms with van der Waals surface area (Å²) in [5.74, 6) is 0. The predicted octanol–water partition coefficient (Wildman–Crippen LogP) is 4.47. The summed E-state index contributed by atoms with van der Waals surface area (Å²) in [7, 11) is 0. The van der Waals surface area contributed by atoms with E-state index < -0.39 is 0 Å². The lowest BCUT2D eigenvalue weighted by Crippen LogP contribution is -1.99. The van der Waals surface area contributed by atoms with Crippen LogP contribution in [0.3, 0.4) is 0 Å². The zero-order valence-corrected chi connectivity index (χ0v) is 12.3. The summed E-state index contributed by atoms with van der Waals surface area (Å²) in [6.45, 7) is 0.506. The van der Waals surface area contributed by atoms with Gasteiger partial charge in [0.25, 0.3) is 0 Å². The fraction of sp³-hybridized carbons (Fsp3) is 0.0714. The van der Waals surface area contributed by atoms with Crippen molar-refractivity contribution in [3.8, 4) is 0 Å². The minimum absolute atomic E-state index is 0.144. The topological polar surface area (TPSA) is 68.1 Å². The lowest BCUT2D eigenvalue weighted by atomic mass is 10.2. The van der Waals surface area contributed by atoms with Gasteiger partial charge in [-0.05, 0) is 30.3 Å². The molecule has 0 bridgehead atoms. The zero-order valence-electron chi connectivity index (χ0n) is 10.7. The van der Waals surface area contributed by atoms with Gasteiger partial charge in [0.2, 0.25) is 0 Å². The average molecular weight is 320 g/mol. The normalized spacial score (nSPS) is 10.7. The van der Waals surface area contributed by atoms with Crippen LogP contribution in [0.5, 0.6) is 0 Å². The number of aromatic nitrogens is 1. The second kappa shape index (κ2) is 5.67. The molecular formula is C14H10ClN3O2S. The van der Waals surface area contributed by atoms with Crippen LogP contribution in [0.2, 0.25) is 5.02 Å². The zero-order chi connectivity index (χ0) is 14.8. The lowest BCUT2D eigenvalue weighted by Gasteiger charge is -2.08. The molecule has 0 fully saturated rings. The van der Waals surface area contributed by atoms with Crippen LogP contribution in [0.4, 0.5) is 10.7 Å². The molecule has 0 unspecified atom stereocenters. The van der Waals surface area contributed by atoms with Crippen LogP contribution in [0.25, 0.3) is 10.9 Å². The molecule has 0 aliphatic carbocycles. The van der Waals surface area contributed by atoms with E-state index in [2.05, 4.69) is 10.3 Å². The second-order valence-corrected chi connectivity index (χ2v) is 5.90. The number of nitro groups is 1. The third kappa shape index (κ3) is 2.81. The fourth-order valence-electron chi connectivity index (χ4n) is 2.02. The van der Waals surface area contributed by atoms with E-state index in [1.165, 1.54) is 6.07 Å². The molecule has 21 heavy (non-hydrogen) atoms. The fourth-order valence-corrected chi connectivity index (χ4v) is 3.00. The number of thiophene rings is 1. The first kappa shape index (κ1) is 13.8. The number of hydrogen-bond donors (Lipinski definition) is 1. The Morgan fingerprint density at radius 1 is 1.29 bits per heavy atom. The van der Waals surface area contributed by atoms with Gasteiger partial charge in [-0.2, -0.15) is 0 Å². The molecule has 3 aromatic rings. The summed E-state index contributed by atoms with van der Waals surface area (Å²) >= 11 is 7.30. The van der Waals surface area contributed by atoms with Gasteiger partial charge < -0.3 is 5.32 Å². The Labute approximate surface area is 129 Å². The predicted molar refractivity (Wildman–Crippen MR) is 85.1 cm³/mol. The summed E-state index contributed by atoms with van der Waals surface area (Å²) in [6, 6.07) is 10.7. The lowest BCUT2D eigenvalue weighted by molar-refractivity contribution is -0.380. The average Bonchev–Trinajstić information content (AvgIpc) is 2.96. The van der Waals surface area contributed by atoms with E-state index in [1.54, 1.807) is 12.3 Å². The second-order valence-electron chi connectivity index (χ2n) is 4.35. The van der Waals surface area contributed by atoms with Gasteiger partial charge in [-0.15, -0.1) is 0 Å². The van der Waals surface area contributed by atoms with Crippen LogP contribution in [0.1, 0.15) is 4.88 Å². The molecule has 0 aliphatic heterocycles. The van der Waals surface area contributed by atoms with Crippen molar-refractivity contribution < 1.29 is 4.92 Å². The molecule has 0 saturated heterocycles. The third-order valence-corrected chi connectivity index (χ3v) is 4.36. The molecule has 7 heteroatoms. The Morgan fingerprint density at radius 3 is 2.90 bits per heavy atom. The Kier molecular flexibility index (Phi) is 3.72. The van der Waals surface area contributed by atoms with Crippen molar-refractivity contribution >= 4 is 44.5 Å². The summed E-state index contributed by atoms with van der Waals surface area (Å²) in [5.41, 5.74) is 1.64. The number of benzene rings is 1. The number of nitrogens with zero attached hydrogens (tertiary/aromatic N) is 2. The monoisotopic (exact) mass is 319 g/mol. The molecule has 5 nitrogen and oxygen atoms in total. The Balaban J connectivity index is 1.85. The summed E-state index contributed by atoms with van der Waals surface area (Å²) in [6.07, 6.45) is 1.71. The minimum Gasteiger partial charge on any atom is -0.378 e. The molecule has 106 valence electrons. The summed E-state index contributed by atoms with van der Waals surface area (Å²) in [4.78, 5) is 15.5. The van der Waals surface area contributed by atoms with Gasteiger partial charge in [0.1, 0.15) is 0 Å². The number of fused-ring (bicyclic) bond motifs is 1. The summed E-state index contributed by atoms with van der Waals surface area (Å²) < 4.78 is 0. The van der Waals surface area contributed by atoms with Gasteiger partial charge in [-0.3, -0.25) is 15.1 Å². The number of rotatable bonds is 4. The third-order valence-electron chi connectivity index (χ3n) is 3.00. The smallest absolute Gasteiger partial charge is 0.324 e. The van der Waals surface area contributed by atoms with Crippen molar-refractivity contribution in [1.29, 1.82) is 0 Å². The van der Waals surface area contributed by atoms with Crippen molar-refractivity contribution in [2.75, 3.05) is 5.32 Å². The first-order valence-corrected chi connectivity index (χ1v) is 7.35. The van der Waals surface area contributed by atoms with Crippen LogP contribution in [0.15, 0.2) is 42.6 Å². The minimum atomic E-state index is -0.382. The van der Waals surface area contributed by atoms with E-state index in [-0.39, 0.29) is 9.92 Å². The molecule has 0 amide bonds. The van der Waals surface area contributed by atoms with Crippen LogP contribution >= 0.6 is 22.9 Å². The van der Waals surface area contributed by atoms with Crippen LogP contribution < -0.4 is 5.32 Å². The van der Waals surface area contributed by atoms with Crippen molar-refractivity contribution in [3.05, 3.63) is 62.6 Å². The number of hydrogen-bond acceptors (Lipinski definition) is 5. The molecule has 1 aromatic carbocycles. The van der Waals surface area contributed by atoms with Crippen LogP contribution in [-0.2, 0) is 6.54 Å². The van der Waals surface area contributed by atoms with Gasteiger partial charge in [0.15, 0.2) is 0 Å². The van der Waals surface area contributed by atoms with Crippen molar-refractivity contribution in [2.24, 2.45) is 0 Å². The molecule has 0 radical (unpaired) electrons. The molecule has 0 spiro atoms. The van der Waals surface area contributed by atoms with Crippen molar-refractivity contribution in [3.63, 3.8) is 0 Å². The van der Waals surface area contributed by atoms with Gasteiger partial charge >= 0.3 is 5.00 Å². The van der Waals surface area contributed by atoms with Gasteiger partial charge in [-0.25, -0.2) is 0 Å². The van der Waals surface area contributed by atoms with E-state index >= 15 is 0 Å². The first-order chi connectivity index (χ1) is 10.1. The molecule has 0 saturated carbocycles. The molecule has 3 rings (SSSR count). The van der Waals surface area contributed by atoms with E-state index in [9.17, 15) is 10.1 Å². The molecule has 2 aromatic heterocycles. The maximum Gasteiger partial charge on any atom is 0.324 e. The molecular weight excluding hydrogens is 310 g/mol. The highest BCUT2D eigenvalue weighted by Gasteiger charge is 2.10. The van der Waals surface area contributed by atoms with E-state index in [1.807, 2.05) is 24.3 Å². The molecule has 0 aliphatic rings. The number of nitrogens with one attached hydrogen (secondary N) is 1. The molecule has 0 atom stereocenters. The van der Waals surface area contributed by atoms with Crippen LogP contribution in [0, 0.1) is 10.1 Å². The summed E-state index contributed by atoms with van der Waals surface area (Å²) in [5, 5.41) is 15.6. The van der Waals surface area contributed by atoms with E-state index in [4.69, 9.17) is 11.6 Å². The maximum atomic E-state index is 10.7. The van der Waals surface area contributed by atoms with E-state index in [0.717, 1.165) is 32.8 Å². The van der Waals surface area contributed by atoms with Gasteiger partial charge in [-0.1, -0.05) is 22.9 Å². The van der Waals surface area contributed by atoms with Crippen molar-refractivity contribution in [1.82, 2.24) is 4.98 Å². The highest BCUT2D eigenvalue weighted by atomic mass is 35.5. The molecule has 2 heterocycles. The number of pyridine rings is 1. The maximum absolute atomic E-state index is 10.7. The quantitative estimate of drug-likeness (QED) is 0.569. The Hall–Kier alpha value is -2.18. The van der Waals surface area contributed by atoms with E-state index in [0.29, 0.717) is 11.6 Å². The van der Waals surface area contributed by atoms with Gasteiger partial charge in [0.05, 0.1) is 21.2 Å². The first-order valence-electron chi connectivity index (χ1n) is 6.15. The largest absolute Gasteiger partial charge is 0.378 e. The Bertz CT molecular complexity index is 819. The van der Waals surface area contributed by atoms with Gasteiger partial charge in [0, 0.05) is 29.1 Å².